The van der Waals surface area contributed by atoms with Crippen LogP contribution in [0.3, 0.4) is 0 Å². The van der Waals surface area contributed by atoms with Crippen LogP contribution in [0, 0.1) is 27.7 Å². The molecule has 0 aliphatic carbocycles. The minimum Gasteiger partial charge on any atom is -0.341 e. The largest absolute Gasteiger partial charge is 0.341 e. The molecule has 0 bridgehead atoms. The number of amides is 1. The molecule has 180 valence electrons. The van der Waals surface area contributed by atoms with Crippen molar-refractivity contribution in [3.05, 3.63) is 57.6 Å². The Morgan fingerprint density at radius 1 is 1.03 bits per heavy atom. The van der Waals surface area contributed by atoms with Gasteiger partial charge in [0.2, 0.25) is 15.9 Å². The Kier molecular flexibility index (Phi) is 7.58. The zero-order valence-corrected chi connectivity index (χ0v) is 21.6. The first-order valence-electron chi connectivity index (χ1n) is 10.7. The molecule has 0 saturated carbocycles. The molecule has 1 aliphatic heterocycles. The molecule has 7 nitrogen and oxygen atoms in total. The Labute approximate surface area is 201 Å². The third-order valence-corrected chi connectivity index (χ3v) is 10.5. The molecule has 10 heteroatoms. The zero-order valence-electron chi connectivity index (χ0n) is 19.2. The molecular weight excluding hydrogens is 484 g/mol. The molecule has 1 unspecified atom stereocenters. The second-order valence-electron chi connectivity index (χ2n) is 8.49. The average Bonchev–Trinajstić information content (AvgIpc) is 3.24. The number of aryl methyl sites for hydroxylation is 2. The molecular formula is C23H29ClN2O5S2. The van der Waals surface area contributed by atoms with Gasteiger partial charge < -0.3 is 4.90 Å². The van der Waals surface area contributed by atoms with E-state index in [-0.39, 0.29) is 35.2 Å². The van der Waals surface area contributed by atoms with E-state index in [9.17, 15) is 21.6 Å². The van der Waals surface area contributed by atoms with E-state index in [1.807, 2.05) is 19.9 Å². The molecule has 0 aromatic heterocycles. The van der Waals surface area contributed by atoms with Gasteiger partial charge in [-0.15, -0.1) is 0 Å². The lowest BCUT2D eigenvalue weighted by Gasteiger charge is -2.18. The van der Waals surface area contributed by atoms with Crippen LogP contribution in [0.4, 0.5) is 0 Å². The van der Waals surface area contributed by atoms with Crippen molar-refractivity contribution in [2.24, 2.45) is 0 Å². The minimum atomic E-state index is -3.79. The molecule has 1 saturated heterocycles. The van der Waals surface area contributed by atoms with Crippen LogP contribution in [0.2, 0.25) is 5.02 Å². The SMILES string of the molecule is Cc1cc(C)c(C)c(S(=O)(=O)NCCC(=O)N2CCC(S(=O)(=O)c3ccc(Cl)cc3)C2)c1C. The van der Waals surface area contributed by atoms with Gasteiger partial charge >= 0.3 is 0 Å². The van der Waals surface area contributed by atoms with E-state index < -0.39 is 25.1 Å². The van der Waals surface area contributed by atoms with Crippen molar-refractivity contribution in [3.8, 4) is 0 Å². The molecule has 2 aromatic carbocycles. The number of halogens is 1. The van der Waals surface area contributed by atoms with Crippen LogP contribution >= 0.6 is 11.6 Å². The highest BCUT2D eigenvalue weighted by atomic mass is 35.5. The Morgan fingerprint density at radius 2 is 1.61 bits per heavy atom. The van der Waals surface area contributed by atoms with Crippen molar-refractivity contribution in [3.63, 3.8) is 0 Å². The summed E-state index contributed by atoms with van der Waals surface area (Å²) in [6, 6.07) is 7.94. The van der Waals surface area contributed by atoms with Gasteiger partial charge in [0.25, 0.3) is 0 Å². The number of hydrogen-bond donors (Lipinski definition) is 1. The lowest BCUT2D eigenvalue weighted by atomic mass is 10.0. The maximum Gasteiger partial charge on any atom is 0.241 e. The van der Waals surface area contributed by atoms with Crippen LogP contribution in [0.5, 0.6) is 0 Å². The third kappa shape index (κ3) is 5.42. The number of sulfone groups is 1. The van der Waals surface area contributed by atoms with Gasteiger partial charge in [0, 0.05) is 31.1 Å². The van der Waals surface area contributed by atoms with E-state index in [0.29, 0.717) is 29.1 Å². The summed E-state index contributed by atoms with van der Waals surface area (Å²) in [4.78, 5) is 14.6. The summed E-state index contributed by atoms with van der Waals surface area (Å²) in [7, 11) is -7.37. The number of rotatable bonds is 7. The maximum absolute atomic E-state index is 12.9. The molecule has 1 fully saturated rings. The summed E-state index contributed by atoms with van der Waals surface area (Å²) in [6.07, 6.45) is 0.291. The molecule has 0 radical (unpaired) electrons. The summed E-state index contributed by atoms with van der Waals surface area (Å²) in [6.45, 7) is 7.63. The lowest BCUT2D eigenvalue weighted by Crippen LogP contribution is -2.35. The number of benzene rings is 2. The average molecular weight is 513 g/mol. The van der Waals surface area contributed by atoms with Gasteiger partial charge in [-0.1, -0.05) is 17.7 Å². The number of sulfonamides is 1. The summed E-state index contributed by atoms with van der Waals surface area (Å²) in [5.74, 6) is -0.277. The highest BCUT2D eigenvalue weighted by Gasteiger charge is 2.36. The van der Waals surface area contributed by atoms with E-state index in [1.54, 1.807) is 13.8 Å². The first-order chi connectivity index (χ1) is 15.3. The van der Waals surface area contributed by atoms with Crippen molar-refractivity contribution in [2.75, 3.05) is 19.6 Å². The molecule has 1 heterocycles. The third-order valence-electron chi connectivity index (χ3n) is 6.28. The smallest absolute Gasteiger partial charge is 0.241 e. The molecule has 1 N–H and O–H groups in total. The van der Waals surface area contributed by atoms with E-state index in [0.717, 1.165) is 11.1 Å². The maximum atomic E-state index is 12.9. The zero-order chi connectivity index (χ0) is 24.6. The molecule has 1 amide bonds. The van der Waals surface area contributed by atoms with Crippen LogP contribution in [0.15, 0.2) is 40.1 Å². The van der Waals surface area contributed by atoms with E-state index >= 15 is 0 Å². The Bertz CT molecular complexity index is 1250. The van der Waals surface area contributed by atoms with Crippen LogP contribution in [0.1, 0.15) is 35.1 Å². The summed E-state index contributed by atoms with van der Waals surface area (Å²) >= 11 is 5.84. The highest BCUT2D eigenvalue weighted by Crippen LogP contribution is 2.27. The van der Waals surface area contributed by atoms with E-state index in [1.165, 1.54) is 29.2 Å². The normalized spacial score (nSPS) is 16.9. The Balaban J connectivity index is 1.62. The quantitative estimate of drug-likeness (QED) is 0.613. The minimum absolute atomic E-state index is 0.0458. The van der Waals surface area contributed by atoms with Gasteiger partial charge in [0.1, 0.15) is 0 Å². The fraction of sp³-hybridized carbons (Fsp3) is 0.435. The van der Waals surface area contributed by atoms with Crippen molar-refractivity contribution in [1.29, 1.82) is 0 Å². The summed E-state index contributed by atoms with van der Waals surface area (Å²) < 4.78 is 54.1. The van der Waals surface area contributed by atoms with Crippen molar-refractivity contribution in [1.82, 2.24) is 9.62 Å². The van der Waals surface area contributed by atoms with E-state index in [2.05, 4.69) is 4.72 Å². The predicted octanol–water partition coefficient (Wildman–Crippen LogP) is 3.32. The second-order valence-corrected chi connectivity index (χ2v) is 12.9. The predicted molar refractivity (Wildman–Crippen MR) is 129 cm³/mol. The van der Waals surface area contributed by atoms with Gasteiger partial charge in [-0.2, -0.15) is 0 Å². The number of nitrogens with one attached hydrogen (secondary N) is 1. The number of nitrogens with zero attached hydrogens (tertiary/aromatic N) is 1. The van der Waals surface area contributed by atoms with Crippen LogP contribution in [-0.4, -0.2) is 52.5 Å². The van der Waals surface area contributed by atoms with Gasteiger partial charge in [-0.3, -0.25) is 4.79 Å². The van der Waals surface area contributed by atoms with Crippen LogP contribution in [-0.2, 0) is 24.7 Å². The molecule has 0 spiro atoms. The van der Waals surface area contributed by atoms with Gasteiger partial charge in [0.15, 0.2) is 9.84 Å². The molecule has 1 aliphatic rings. The fourth-order valence-corrected chi connectivity index (χ4v) is 7.59. The molecule has 3 rings (SSSR count). The molecule has 33 heavy (non-hydrogen) atoms. The Morgan fingerprint density at radius 3 is 2.18 bits per heavy atom. The van der Waals surface area contributed by atoms with Crippen molar-refractivity contribution < 1.29 is 21.6 Å². The fourth-order valence-electron chi connectivity index (χ4n) is 4.13. The van der Waals surface area contributed by atoms with Crippen molar-refractivity contribution >= 4 is 37.4 Å². The molecule has 1 atom stereocenters. The first-order valence-corrected chi connectivity index (χ1v) is 14.1. The first kappa shape index (κ1) is 25.7. The van der Waals surface area contributed by atoms with E-state index in [4.69, 9.17) is 11.6 Å². The number of hydrogen-bond acceptors (Lipinski definition) is 5. The number of carbonyl (C=O) groups is 1. The Hall–Kier alpha value is -1.94. The summed E-state index contributed by atoms with van der Waals surface area (Å²) in [5.41, 5.74) is 3.15. The number of likely N-dealkylation sites (tertiary alicyclic amines) is 1. The van der Waals surface area contributed by atoms with Crippen LogP contribution < -0.4 is 4.72 Å². The highest BCUT2D eigenvalue weighted by molar-refractivity contribution is 7.92. The number of carbonyl (C=O) groups excluding carboxylic acids is 1. The topological polar surface area (TPSA) is 101 Å². The van der Waals surface area contributed by atoms with Gasteiger partial charge in [0.05, 0.1) is 15.0 Å². The van der Waals surface area contributed by atoms with Crippen molar-refractivity contribution in [2.45, 2.75) is 55.6 Å². The van der Waals surface area contributed by atoms with Gasteiger partial charge in [-0.05, 0) is 80.6 Å². The standard InChI is InChI=1S/C23H29ClN2O5S2/c1-15-13-16(2)18(4)23(17(15)3)33(30,31)25-11-9-22(27)26-12-10-21(14-26)32(28,29)20-7-5-19(24)6-8-20/h5-8,13,21,25H,9-12,14H2,1-4H3. The van der Waals surface area contributed by atoms with Crippen LogP contribution in [0.25, 0.3) is 0 Å². The summed E-state index contributed by atoms with van der Waals surface area (Å²) in [5, 5.41) is -0.245. The second kappa shape index (κ2) is 9.74. The molecule has 2 aromatic rings. The monoisotopic (exact) mass is 512 g/mol. The van der Waals surface area contributed by atoms with Gasteiger partial charge in [-0.25, -0.2) is 21.6 Å². The lowest BCUT2D eigenvalue weighted by molar-refractivity contribution is -0.129.